The van der Waals surface area contributed by atoms with E-state index in [0.717, 1.165) is 57.1 Å². The first-order chi connectivity index (χ1) is 18.2. The molecule has 0 fully saturated rings. The quantitative estimate of drug-likeness (QED) is 0.112. The lowest BCUT2D eigenvalue weighted by Crippen LogP contribution is -2.39. The van der Waals surface area contributed by atoms with Crippen molar-refractivity contribution < 1.29 is 0 Å². The fourth-order valence-electron chi connectivity index (χ4n) is 3.93. The third-order valence-electron chi connectivity index (χ3n) is 6.83. The van der Waals surface area contributed by atoms with E-state index in [0.29, 0.717) is 5.92 Å². The van der Waals surface area contributed by atoms with Gasteiger partial charge in [0, 0.05) is 57.1 Å². The summed E-state index contributed by atoms with van der Waals surface area (Å²) >= 11 is 0. The second kappa shape index (κ2) is 18.4. The van der Waals surface area contributed by atoms with E-state index in [2.05, 4.69) is 123 Å². The number of pyridine rings is 1. The lowest BCUT2D eigenvalue weighted by atomic mass is 9.92. The van der Waals surface area contributed by atoms with E-state index >= 15 is 0 Å². The summed E-state index contributed by atoms with van der Waals surface area (Å²) in [4.78, 5) is 14.2. The number of rotatable bonds is 18. The second-order valence-electron chi connectivity index (χ2n) is 10.6. The summed E-state index contributed by atoms with van der Waals surface area (Å²) < 4.78 is 0. The summed E-state index contributed by atoms with van der Waals surface area (Å²) in [5.74, 6) is 0.491. The van der Waals surface area contributed by atoms with Gasteiger partial charge in [-0.3, -0.25) is 19.8 Å². The van der Waals surface area contributed by atoms with E-state index in [-0.39, 0.29) is 5.41 Å². The van der Waals surface area contributed by atoms with Crippen LogP contribution in [0.25, 0.3) is 0 Å². The summed E-state index contributed by atoms with van der Waals surface area (Å²) in [6.07, 6.45) is 19.7. The topological polar surface area (TPSA) is 31.7 Å². The molecule has 38 heavy (non-hydrogen) atoms. The highest BCUT2D eigenvalue weighted by molar-refractivity contribution is 5.96. The number of hydrogen-bond acceptors (Lipinski definition) is 4. The molecule has 0 N–H and O–H groups in total. The van der Waals surface area contributed by atoms with Crippen LogP contribution in [0.2, 0.25) is 0 Å². The molecule has 1 heterocycles. The number of allylic oxidation sites excluding steroid dienone is 6. The molecule has 0 amide bonds. The molecule has 0 bridgehead atoms. The molecule has 0 aromatic carbocycles. The molecule has 1 unspecified atom stereocenters. The van der Waals surface area contributed by atoms with Crippen LogP contribution in [0.5, 0.6) is 0 Å². The first-order valence-corrected chi connectivity index (χ1v) is 14.0. The Morgan fingerprint density at radius 3 is 2.42 bits per heavy atom. The molecule has 1 atom stereocenters. The molecule has 0 saturated heterocycles. The maximum absolute atomic E-state index is 4.58. The minimum absolute atomic E-state index is 0.0247. The average Bonchev–Trinajstić information content (AvgIpc) is 2.91. The van der Waals surface area contributed by atoms with E-state index in [1.807, 2.05) is 25.3 Å². The Kier molecular flexibility index (Phi) is 16.1. The van der Waals surface area contributed by atoms with Gasteiger partial charge in [0.05, 0.1) is 11.4 Å². The van der Waals surface area contributed by atoms with Crippen molar-refractivity contribution in [3.63, 3.8) is 0 Å². The van der Waals surface area contributed by atoms with Gasteiger partial charge in [0.15, 0.2) is 0 Å². The molecular formula is C34H52N4. The molecule has 1 rings (SSSR count). The molecule has 0 aliphatic heterocycles. The summed E-state index contributed by atoms with van der Waals surface area (Å²) in [6, 6.07) is 6.15. The first-order valence-electron chi connectivity index (χ1n) is 14.0. The van der Waals surface area contributed by atoms with Crippen molar-refractivity contribution in [1.82, 2.24) is 14.8 Å². The molecule has 0 aliphatic rings. The molecule has 208 valence electrons. The Morgan fingerprint density at radius 1 is 1.11 bits per heavy atom. The summed E-state index contributed by atoms with van der Waals surface area (Å²) in [6.45, 7) is 28.4. The fraction of sp³-hybridized carbons (Fsp3) is 0.471. The molecule has 4 nitrogen and oxygen atoms in total. The molecule has 0 aliphatic carbocycles. The van der Waals surface area contributed by atoms with Crippen molar-refractivity contribution in [3.8, 4) is 0 Å². The Bertz CT molecular complexity index is 979. The van der Waals surface area contributed by atoms with Gasteiger partial charge in [-0.15, -0.1) is 6.58 Å². The second-order valence-corrected chi connectivity index (χ2v) is 10.6. The standard InChI is InChI=1S/C34H52N4/c1-10-18-32(35-14-5)27-38(26-31(30(7)12-3)19-17-21-34(8,9)13-4)24-23-37(25-29(6)11-2)28-33-20-15-16-22-36-33/h10-11,13-22,30H,4-5,12,23-28H2,1-3,6-9H3/b18-10-,21-17-,29-11+,31-19-,35-32?. The predicted octanol–water partition coefficient (Wildman–Crippen LogP) is 8.05. The van der Waals surface area contributed by atoms with Crippen molar-refractivity contribution >= 4 is 5.71 Å². The van der Waals surface area contributed by atoms with E-state index in [1.165, 1.54) is 11.1 Å². The maximum Gasteiger partial charge on any atom is 0.0544 e. The van der Waals surface area contributed by atoms with Crippen molar-refractivity contribution in [2.75, 3.05) is 32.7 Å². The number of hydrogen-bond donors (Lipinski definition) is 0. The van der Waals surface area contributed by atoms with E-state index in [9.17, 15) is 0 Å². The van der Waals surface area contributed by atoms with E-state index in [4.69, 9.17) is 0 Å². The molecule has 1 aromatic rings. The Morgan fingerprint density at radius 2 is 1.84 bits per heavy atom. The van der Waals surface area contributed by atoms with Crippen LogP contribution in [0.15, 0.2) is 102 Å². The van der Waals surface area contributed by atoms with Gasteiger partial charge in [0.2, 0.25) is 0 Å². The van der Waals surface area contributed by atoms with E-state index in [1.54, 1.807) is 6.20 Å². The zero-order valence-electron chi connectivity index (χ0n) is 25.2. The zero-order chi connectivity index (χ0) is 28.4. The fourth-order valence-corrected chi connectivity index (χ4v) is 3.93. The lowest BCUT2D eigenvalue weighted by molar-refractivity contribution is 0.227. The van der Waals surface area contributed by atoms with Crippen molar-refractivity contribution in [2.45, 2.75) is 61.4 Å². The molecule has 0 radical (unpaired) electrons. The highest BCUT2D eigenvalue weighted by atomic mass is 15.2. The molecular weight excluding hydrogens is 464 g/mol. The highest BCUT2D eigenvalue weighted by Gasteiger charge is 2.16. The number of aromatic nitrogens is 1. The van der Waals surface area contributed by atoms with Crippen molar-refractivity contribution in [2.24, 2.45) is 16.3 Å². The zero-order valence-corrected chi connectivity index (χ0v) is 25.2. The minimum Gasteiger partial charge on any atom is -0.292 e. The smallest absolute Gasteiger partial charge is 0.0544 e. The monoisotopic (exact) mass is 516 g/mol. The third kappa shape index (κ3) is 13.6. The van der Waals surface area contributed by atoms with Gasteiger partial charge in [0.1, 0.15) is 0 Å². The van der Waals surface area contributed by atoms with Crippen LogP contribution in [0.3, 0.4) is 0 Å². The number of aliphatic imine (C=N–C) groups is 1. The van der Waals surface area contributed by atoms with Crippen molar-refractivity contribution in [3.05, 3.63) is 103 Å². The number of nitrogens with zero attached hydrogens (tertiary/aromatic N) is 4. The third-order valence-corrected chi connectivity index (χ3v) is 6.83. The highest BCUT2D eigenvalue weighted by Crippen LogP contribution is 2.20. The SMILES string of the molecule is C=CN=C(/C=C\C)CN(CCN(C/C(C)=C/C)Cc1ccccn1)C/C(=C/C=C\C(C)(C)C=C)C(C)CC. The van der Waals surface area contributed by atoms with Gasteiger partial charge in [0.25, 0.3) is 0 Å². The molecule has 4 heteroatoms. The summed E-state index contributed by atoms with van der Waals surface area (Å²) in [5.41, 5.74) is 4.90. The van der Waals surface area contributed by atoms with Crippen LogP contribution in [0.1, 0.15) is 60.6 Å². The first kappa shape index (κ1) is 33.2. The summed E-state index contributed by atoms with van der Waals surface area (Å²) in [7, 11) is 0. The minimum atomic E-state index is -0.0247. The van der Waals surface area contributed by atoms with Crippen LogP contribution < -0.4 is 0 Å². The Labute approximate surface area is 234 Å². The average molecular weight is 517 g/mol. The summed E-state index contributed by atoms with van der Waals surface area (Å²) in [5, 5.41) is 0. The van der Waals surface area contributed by atoms with Gasteiger partial charge in [-0.2, -0.15) is 0 Å². The normalized spacial score (nSPS) is 14.7. The van der Waals surface area contributed by atoms with Gasteiger partial charge in [-0.05, 0) is 51.3 Å². The van der Waals surface area contributed by atoms with Crippen LogP contribution in [-0.4, -0.2) is 53.2 Å². The Hall–Kier alpha value is -2.82. The van der Waals surface area contributed by atoms with Gasteiger partial charge < -0.3 is 0 Å². The van der Waals surface area contributed by atoms with E-state index < -0.39 is 0 Å². The van der Waals surface area contributed by atoms with Gasteiger partial charge in [-0.1, -0.05) is 87.9 Å². The van der Waals surface area contributed by atoms with Crippen molar-refractivity contribution in [1.29, 1.82) is 0 Å². The Balaban J connectivity index is 3.25. The van der Waals surface area contributed by atoms with Gasteiger partial charge in [-0.25, -0.2) is 0 Å². The van der Waals surface area contributed by atoms with Crippen LogP contribution >= 0.6 is 0 Å². The molecule has 0 spiro atoms. The lowest BCUT2D eigenvalue weighted by Gasteiger charge is -2.30. The molecule has 0 saturated carbocycles. The van der Waals surface area contributed by atoms with Crippen LogP contribution in [0, 0.1) is 11.3 Å². The van der Waals surface area contributed by atoms with Gasteiger partial charge >= 0.3 is 0 Å². The van der Waals surface area contributed by atoms with Crippen LogP contribution in [0.4, 0.5) is 0 Å². The molecule has 1 aromatic heterocycles. The largest absolute Gasteiger partial charge is 0.292 e. The van der Waals surface area contributed by atoms with Crippen LogP contribution in [-0.2, 0) is 6.54 Å². The maximum atomic E-state index is 4.58. The predicted molar refractivity (Wildman–Crippen MR) is 168 cm³/mol.